The molecule has 0 spiro atoms. The number of allylic oxidation sites excluding steroid dienone is 2. The van der Waals surface area contributed by atoms with Crippen LogP contribution in [0.5, 0.6) is 0 Å². The first-order valence-electron chi connectivity index (χ1n) is 2.67. The van der Waals surface area contributed by atoms with E-state index in [0.29, 0.717) is 10.9 Å². The summed E-state index contributed by atoms with van der Waals surface area (Å²) >= 11 is 0. The van der Waals surface area contributed by atoms with Crippen LogP contribution in [0.25, 0.3) is 0 Å². The molecule has 1 heterocycles. The second-order valence-electron chi connectivity index (χ2n) is 1.62. The van der Waals surface area contributed by atoms with Crippen molar-refractivity contribution in [3.8, 4) is 0 Å². The van der Waals surface area contributed by atoms with Gasteiger partial charge in [-0.05, 0) is 10.8 Å². The monoisotopic (exact) mass is 128 g/mol. The van der Waals surface area contributed by atoms with Crippen LogP contribution in [0, 0.1) is 0 Å². The van der Waals surface area contributed by atoms with Gasteiger partial charge < -0.3 is 5.73 Å². The largest absolute Gasteiger partial charge is 0.330 e. The molecule has 0 bridgehead atoms. The van der Waals surface area contributed by atoms with E-state index >= 15 is 0 Å². The minimum absolute atomic E-state index is 0.387. The second-order valence-corrected chi connectivity index (χ2v) is 3.51. The van der Waals surface area contributed by atoms with Gasteiger partial charge in [-0.25, -0.2) is 0 Å². The summed E-state index contributed by atoms with van der Waals surface area (Å²) in [6.45, 7) is 0.803. The van der Waals surface area contributed by atoms with Crippen LogP contribution >= 0.6 is 10.9 Å². The number of rotatable bonds is 2. The molecule has 1 aliphatic heterocycles. The summed E-state index contributed by atoms with van der Waals surface area (Å²) in [7, 11) is 0.387. The molecule has 2 N–H and O–H groups in total. The Labute approximate surface area is 52.6 Å². The van der Waals surface area contributed by atoms with Crippen LogP contribution in [0.15, 0.2) is 23.0 Å². The zero-order valence-corrected chi connectivity index (χ0v) is 5.53. The normalized spacial score (nSPS) is 18.1. The van der Waals surface area contributed by atoms with Crippen molar-refractivity contribution in [2.24, 2.45) is 5.73 Å². The zero-order valence-electron chi connectivity index (χ0n) is 4.71. The maximum Gasteiger partial charge on any atom is 0.00444 e. The molecule has 0 unspecified atom stereocenters. The Hall–Kier alpha value is -0.210. The minimum Gasteiger partial charge on any atom is -0.330 e. The van der Waals surface area contributed by atoms with Gasteiger partial charge in [-0.3, -0.25) is 0 Å². The lowest BCUT2D eigenvalue weighted by atomic mass is 10.6. The molecular formula is C6H10NS. The number of hydrogen-bond donors (Lipinski definition) is 1. The van der Waals surface area contributed by atoms with Gasteiger partial charge in [0, 0.05) is 12.3 Å². The van der Waals surface area contributed by atoms with E-state index in [4.69, 9.17) is 5.73 Å². The van der Waals surface area contributed by atoms with Gasteiger partial charge >= 0.3 is 0 Å². The van der Waals surface area contributed by atoms with Crippen LogP contribution in [-0.4, -0.2) is 12.3 Å². The molecule has 0 atom stereocenters. The van der Waals surface area contributed by atoms with Crippen molar-refractivity contribution >= 4 is 10.9 Å². The van der Waals surface area contributed by atoms with Crippen LogP contribution in [0.3, 0.4) is 0 Å². The van der Waals surface area contributed by atoms with E-state index in [1.165, 1.54) is 0 Å². The Balaban J connectivity index is 2.27. The van der Waals surface area contributed by atoms with Gasteiger partial charge in [0.25, 0.3) is 0 Å². The molecule has 0 amide bonds. The second kappa shape index (κ2) is 2.95. The molecule has 1 radical (unpaired) electrons. The predicted octanol–water partition coefficient (Wildman–Crippen LogP) is 1.26. The quantitative estimate of drug-likeness (QED) is 0.595. The van der Waals surface area contributed by atoms with Crippen molar-refractivity contribution in [2.75, 3.05) is 12.3 Å². The van der Waals surface area contributed by atoms with Gasteiger partial charge in [0.05, 0.1) is 0 Å². The SMILES string of the molecule is NCC[S]1C=CC=C1. The average Bonchev–Trinajstić information content (AvgIpc) is 2.19. The van der Waals surface area contributed by atoms with E-state index in [9.17, 15) is 0 Å². The Morgan fingerprint density at radius 3 is 2.38 bits per heavy atom. The van der Waals surface area contributed by atoms with E-state index in [2.05, 4.69) is 23.0 Å². The lowest BCUT2D eigenvalue weighted by molar-refractivity contribution is 1.15. The smallest absolute Gasteiger partial charge is 0.00444 e. The molecule has 1 rings (SSSR count). The van der Waals surface area contributed by atoms with Gasteiger partial charge in [-0.15, -0.1) is 0 Å². The number of nitrogens with two attached hydrogens (primary N) is 1. The molecule has 45 valence electrons. The zero-order chi connectivity index (χ0) is 5.82. The standard InChI is InChI=1S/C6H10NS/c7-3-6-8-4-1-2-5-8/h1-2,4-5H,3,6-7H2. The van der Waals surface area contributed by atoms with Crippen molar-refractivity contribution in [3.63, 3.8) is 0 Å². The Kier molecular flexibility index (Phi) is 2.18. The van der Waals surface area contributed by atoms with Crippen molar-refractivity contribution in [3.05, 3.63) is 23.0 Å². The summed E-state index contributed by atoms with van der Waals surface area (Å²) in [5.74, 6) is 1.12. The molecule has 0 aromatic rings. The first-order chi connectivity index (χ1) is 3.93. The van der Waals surface area contributed by atoms with Gasteiger partial charge in [-0.1, -0.05) is 12.2 Å². The van der Waals surface area contributed by atoms with Gasteiger partial charge in [-0.2, -0.15) is 10.9 Å². The summed E-state index contributed by atoms with van der Waals surface area (Å²) in [6, 6.07) is 0. The molecule has 0 aliphatic carbocycles. The molecule has 1 nitrogen and oxygen atoms in total. The van der Waals surface area contributed by atoms with Crippen molar-refractivity contribution in [1.29, 1.82) is 0 Å². The Morgan fingerprint density at radius 2 is 1.88 bits per heavy atom. The van der Waals surface area contributed by atoms with Crippen LogP contribution in [0.4, 0.5) is 0 Å². The molecule has 2 heteroatoms. The maximum absolute atomic E-state index is 5.35. The van der Waals surface area contributed by atoms with Crippen molar-refractivity contribution < 1.29 is 0 Å². The highest BCUT2D eigenvalue weighted by Crippen LogP contribution is 2.31. The molecule has 8 heavy (non-hydrogen) atoms. The first kappa shape index (κ1) is 5.92. The molecule has 0 fully saturated rings. The van der Waals surface area contributed by atoms with Crippen LogP contribution in [0.1, 0.15) is 0 Å². The minimum atomic E-state index is 0.387. The summed E-state index contributed by atoms with van der Waals surface area (Å²) < 4.78 is 0. The van der Waals surface area contributed by atoms with E-state index in [-0.39, 0.29) is 0 Å². The summed E-state index contributed by atoms with van der Waals surface area (Å²) in [5.41, 5.74) is 5.35. The molecule has 0 aromatic heterocycles. The summed E-state index contributed by atoms with van der Waals surface area (Å²) in [6.07, 6.45) is 4.16. The molecular weight excluding hydrogens is 118 g/mol. The fourth-order valence-electron chi connectivity index (χ4n) is 0.610. The van der Waals surface area contributed by atoms with Gasteiger partial charge in [0.2, 0.25) is 0 Å². The van der Waals surface area contributed by atoms with E-state index in [1.807, 2.05) is 0 Å². The van der Waals surface area contributed by atoms with Crippen LogP contribution < -0.4 is 5.73 Å². The molecule has 1 aliphatic rings. The maximum atomic E-state index is 5.35. The first-order valence-corrected chi connectivity index (χ1v) is 4.19. The van der Waals surface area contributed by atoms with E-state index in [1.54, 1.807) is 0 Å². The number of hydrogen-bond acceptors (Lipinski definition) is 1. The average molecular weight is 128 g/mol. The van der Waals surface area contributed by atoms with E-state index < -0.39 is 0 Å². The van der Waals surface area contributed by atoms with E-state index in [0.717, 1.165) is 12.3 Å². The van der Waals surface area contributed by atoms with Crippen LogP contribution in [0.2, 0.25) is 0 Å². The lowest BCUT2D eigenvalue weighted by Gasteiger charge is -2.02. The summed E-state index contributed by atoms with van der Waals surface area (Å²) in [5, 5.41) is 4.40. The molecule has 0 aromatic carbocycles. The third kappa shape index (κ3) is 1.39. The Morgan fingerprint density at radius 1 is 1.25 bits per heavy atom. The van der Waals surface area contributed by atoms with Gasteiger partial charge in [0.1, 0.15) is 0 Å². The highest BCUT2D eigenvalue weighted by molar-refractivity contribution is 8.22. The molecule has 0 saturated heterocycles. The lowest BCUT2D eigenvalue weighted by Crippen LogP contribution is -2.02. The summed E-state index contributed by atoms with van der Waals surface area (Å²) in [4.78, 5) is 0. The third-order valence-electron chi connectivity index (χ3n) is 0.971. The highest BCUT2D eigenvalue weighted by atomic mass is 32.2. The molecule has 0 saturated carbocycles. The predicted molar refractivity (Wildman–Crippen MR) is 39.8 cm³/mol. The van der Waals surface area contributed by atoms with Crippen molar-refractivity contribution in [1.82, 2.24) is 0 Å². The topological polar surface area (TPSA) is 26.0 Å². The van der Waals surface area contributed by atoms with Gasteiger partial charge in [0.15, 0.2) is 0 Å². The van der Waals surface area contributed by atoms with Crippen LogP contribution in [-0.2, 0) is 0 Å². The Bertz CT molecular complexity index is 106. The fourth-order valence-corrected chi connectivity index (χ4v) is 1.83. The fraction of sp³-hybridized carbons (Fsp3) is 0.333. The third-order valence-corrected chi connectivity index (χ3v) is 2.69. The van der Waals surface area contributed by atoms with Crippen molar-refractivity contribution in [2.45, 2.75) is 0 Å². The highest BCUT2D eigenvalue weighted by Gasteiger charge is 1.96.